The van der Waals surface area contributed by atoms with Crippen LogP contribution < -0.4 is 10.3 Å². The van der Waals surface area contributed by atoms with Crippen molar-refractivity contribution in [3.63, 3.8) is 0 Å². The first kappa shape index (κ1) is 26.3. The van der Waals surface area contributed by atoms with Gasteiger partial charge in [-0.15, -0.1) is 0 Å². The van der Waals surface area contributed by atoms with E-state index < -0.39 is 22.7 Å². The molecule has 184 valence electrons. The van der Waals surface area contributed by atoms with Crippen LogP contribution in [-0.2, 0) is 16.0 Å². The van der Waals surface area contributed by atoms with Crippen LogP contribution in [0, 0.1) is 10.1 Å². The number of halogens is 2. The van der Waals surface area contributed by atoms with Crippen molar-refractivity contribution < 1.29 is 19.2 Å². The Morgan fingerprint density at radius 3 is 2.74 bits per heavy atom. The Morgan fingerprint density at radius 1 is 1.34 bits per heavy atom. The van der Waals surface area contributed by atoms with Gasteiger partial charge in [0.25, 0.3) is 5.56 Å². The third-order valence-electron chi connectivity index (χ3n) is 4.83. The van der Waals surface area contributed by atoms with Gasteiger partial charge in [-0.1, -0.05) is 34.5 Å². The molecule has 3 aromatic rings. The van der Waals surface area contributed by atoms with Crippen LogP contribution in [0.25, 0.3) is 10.9 Å². The lowest BCUT2D eigenvalue weighted by atomic mass is 10.2. The average molecular weight is 566 g/mol. The monoisotopic (exact) mass is 564 g/mol. The van der Waals surface area contributed by atoms with Gasteiger partial charge in [-0.05, 0) is 44.5 Å². The smallest absolute Gasteiger partial charge is 0.347 e. The molecule has 1 heterocycles. The average Bonchev–Trinajstić information content (AvgIpc) is 2.80. The van der Waals surface area contributed by atoms with E-state index in [9.17, 15) is 19.7 Å². The number of benzene rings is 2. The maximum atomic E-state index is 13.1. The van der Waals surface area contributed by atoms with Crippen LogP contribution in [0.3, 0.4) is 0 Å². The predicted molar refractivity (Wildman–Crippen MR) is 136 cm³/mol. The maximum Gasteiger partial charge on any atom is 0.347 e. The van der Waals surface area contributed by atoms with Crippen molar-refractivity contribution in [2.24, 2.45) is 5.10 Å². The second-order valence-corrected chi connectivity index (χ2v) is 8.74. The van der Waals surface area contributed by atoms with Crippen molar-refractivity contribution in [1.82, 2.24) is 9.66 Å². The molecular formula is C23H22BrClN4O6. The number of nitro benzene ring substituents is 1. The van der Waals surface area contributed by atoms with Gasteiger partial charge in [0.15, 0.2) is 6.10 Å². The molecule has 0 amide bonds. The maximum absolute atomic E-state index is 13.1. The van der Waals surface area contributed by atoms with Crippen LogP contribution >= 0.6 is 27.5 Å². The van der Waals surface area contributed by atoms with Crippen LogP contribution in [0.1, 0.15) is 38.6 Å². The second kappa shape index (κ2) is 11.4. The number of nitrogens with zero attached hydrogens (tertiary/aromatic N) is 4. The van der Waals surface area contributed by atoms with Crippen molar-refractivity contribution in [2.45, 2.75) is 39.7 Å². The molecule has 10 nitrogen and oxygen atoms in total. The van der Waals surface area contributed by atoms with Crippen LogP contribution in [0.15, 0.2) is 44.7 Å². The first-order valence-electron chi connectivity index (χ1n) is 10.7. The highest BCUT2D eigenvalue weighted by molar-refractivity contribution is 9.10. The molecular weight excluding hydrogens is 544 g/mol. The van der Waals surface area contributed by atoms with E-state index in [1.165, 1.54) is 29.9 Å². The molecule has 12 heteroatoms. The van der Waals surface area contributed by atoms with E-state index in [0.29, 0.717) is 23.1 Å². The van der Waals surface area contributed by atoms with E-state index >= 15 is 0 Å². The minimum Gasteiger partial charge on any atom is -0.471 e. The number of carbonyl (C=O) groups excluding carboxylic acids is 1. The summed E-state index contributed by atoms with van der Waals surface area (Å²) < 4.78 is 12.2. The van der Waals surface area contributed by atoms with Gasteiger partial charge in [-0.3, -0.25) is 14.9 Å². The number of nitro groups is 1. The number of aryl methyl sites for hydroxylation is 1. The zero-order valence-electron chi connectivity index (χ0n) is 19.2. The van der Waals surface area contributed by atoms with E-state index in [1.807, 2.05) is 6.92 Å². The highest BCUT2D eigenvalue weighted by Gasteiger charge is 2.25. The Hall–Kier alpha value is -3.31. The number of esters is 1. The fourth-order valence-corrected chi connectivity index (χ4v) is 3.86. The Labute approximate surface area is 213 Å². The summed E-state index contributed by atoms with van der Waals surface area (Å²) in [6, 6.07) is 7.78. The Balaban J connectivity index is 2.05. The minimum absolute atomic E-state index is 0.0986. The minimum atomic E-state index is -1.11. The second-order valence-electron chi connectivity index (χ2n) is 7.42. The van der Waals surface area contributed by atoms with Gasteiger partial charge in [-0.2, -0.15) is 9.78 Å². The predicted octanol–water partition coefficient (Wildman–Crippen LogP) is 4.89. The van der Waals surface area contributed by atoms with Crippen LogP contribution in [0.4, 0.5) is 5.69 Å². The number of carbonyl (C=O) groups is 1. The van der Waals surface area contributed by atoms with Gasteiger partial charge in [0.2, 0.25) is 5.75 Å². The number of aromatic nitrogens is 2. The summed E-state index contributed by atoms with van der Waals surface area (Å²) in [5, 5.41) is 16.2. The van der Waals surface area contributed by atoms with E-state index in [-0.39, 0.29) is 28.5 Å². The lowest BCUT2D eigenvalue weighted by Gasteiger charge is -2.14. The summed E-state index contributed by atoms with van der Waals surface area (Å²) in [5.74, 6) is -0.496. The molecule has 0 bridgehead atoms. The highest BCUT2D eigenvalue weighted by Crippen LogP contribution is 2.36. The van der Waals surface area contributed by atoms with E-state index in [0.717, 1.165) is 10.9 Å². The Kier molecular flexibility index (Phi) is 8.57. The zero-order chi connectivity index (χ0) is 25.7. The molecule has 0 unspecified atom stereocenters. The van der Waals surface area contributed by atoms with Crippen molar-refractivity contribution in [3.8, 4) is 5.75 Å². The Bertz CT molecular complexity index is 1370. The summed E-state index contributed by atoms with van der Waals surface area (Å²) >= 11 is 9.62. The van der Waals surface area contributed by atoms with Gasteiger partial charge >= 0.3 is 11.7 Å². The molecule has 35 heavy (non-hydrogen) atoms. The summed E-state index contributed by atoms with van der Waals surface area (Å²) in [6.07, 6.45) is 1.40. The van der Waals surface area contributed by atoms with Crippen LogP contribution in [0.5, 0.6) is 5.75 Å². The van der Waals surface area contributed by atoms with Crippen molar-refractivity contribution in [1.29, 1.82) is 0 Å². The standard InChI is InChI=1S/C23H22BrClN4O6/c1-4-6-20-27-18-8-7-15(24)11-16(18)22(30)28(20)26-12-14-9-17(25)21(19(10-14)29(32)33)35-13(3)23(31)34-5-2/h7-13H,4-6H2,1-3H3/t13-/m0/s1. The van der Waals surface area contributed by atoms with Gasteiger partial charge in [0.1, 0.15) is 5.82 Å². The fraction of sp³-hybridized carbons (Fsp3) is 0.304. The summed E-state index contributed by atoms with van der Waals surface area (Å²) in [6.45, 7) is 5.12. The summed E-state index contributed by atoms with van der Waals surface area (Å²) in [4.78, 5) is 40.6. The fourth-order valence-electron chi connectivity index (χ4n) is 3.23. The summed E-state index contributed by atoms with van der Waals surface area (Å²) in [7, 11) is 0. The van der Waals surface area contributed by atoms with Crippen molar-refractivity contribution in [3.05, 3.63) is 71.7 Å². The van der Waals surface area contributed by atoms with Gasteiger partial charge in [-0.25, -0.2) is 9.78 Å². The van der Waals surface area contributed by atoms with Crippen molar-refractivity contribution >= 4 is 56.3 Å². The number of rotatable bonds is 9. The van der Waals surface area contributed by atoms with Gasteiger partial charge in [0.05, 0.1) is 33.7 Å². The molecule has 0 aliphatic rings. The summed E-state index contributed by atoms with van der Waals surface area (Å²) in [5.41, 5.74) is -0.0397. The molecule has 0 spiro atoms. The van der Waals surface area contributed by atoms with E-state index in [4.69, 9.17) is 21.1 Å². The number of hydrogen-bond donors (Lipinski definition) is 0. The molecule has 0 saturated heterocycles. The molecule has 0 fully saturated rings. The van der Waals surface area contributed by atoms with Gasteiger partial charge in [0, 0.05) is 22.5 Å². The van der Waals surface area contributed by atoms with Crippen LogP contribution in [-0.4, -0.2) is 39.5 Å². The first-order chi connectivity index (χ1) is 16.7. The number of fused-ring (bicyclic) bond motifs is 1. The normalized spacial score (nSPS) is 12.1. The largest absolute Gasteiger partial charge is 0.471 e. The molecule has 3 rings (SSSR count). The molecule has 0 saturated carbocycles. The molecule has 0 aliphatic carbocycles. The zero-order valence-corrected chi connectivity index (χ0v) is 21.5. The molecule has 1 aromatic heterocycles. The molecule has 0 radical (unpaired) electrons. The highest BCUT2D eigenvalue weighted by atomic mass is 79.9. The number of ether oxygens (including phenoxy) is 2. The lowest BCUT2D eigenvalue weighted by Crippen LogP contribution is -2.26. The molecule has 1 atom stereocenters. The first-order valence-corrected chi connectivity index (χ1v) is 11.9. The van der Waals surface area contributed by atoms with Crippen LogP contribution in [0.2, 0.25) is 5.02 Å². The SMILES string of the molecule is CCCc1nc2ccc(Br)cc2c(=O)n1N=Cc1cc(Cl)c(O[C@@H](C)C(=O)OCC)c([N+](=O)[O-])c1. The van der Waals surface area contributed by atoms with E-state index in [1.54, 1.807) is 25.1 Å². The number of hydrogen-bond acceptors (Lipinski definition) is 8. The molecule has 2 aromatic carbocycles. The van der Waals surface area contributed by atoms with Gasteiger partial charge < -0.3 is 9.47 Å². The topological polar surface area (TPSA) is 126 Å². The third-order valence-corrected chi connectivity index (χ3v) is 5.60. The van der Waals surface area contributed by atoms with E-state index in [2.05, 4.69) is 26.0 Å². The Morgan fingerprint density at radius 2 is 2.09 bits per heavy atom. The van der Waals surface area contributed by atoms with Crippen molar-refractivity contribution in [2.75, 3.05) is 6.61 Å². The quantitative estimate of drug-likeness (QED) is 0.157. The third kappa shape index (κ3) is 6.04. The lowest BCUT2D eigenvalue weighted by molar-refractivity contribution is -0.386. The molecule has 0 aliphatic heterocycles. The molecule has 0 N–H and O–H groups in total.